The predicted octanol–water partition coefficient (Wildman–Crippen LogP) is 2.32. The van der Waals surface area contributed by atoms with Crippen molar-refractivity contribution in [3.05, 3.63) is 18.3 Å². The molecule has 0 bridgehead atoms. The molecule has 0 N–H and O–H groups in total. The lowest BCUT2D eigenvalue weighted by atomic mass is 9.80. The minimum atomic E-state index is -3.25. The summed E-state index contributed by atoms with van der Waals surface area (Å²) in [6, 6.07) is 3.12. The van der Waals surface area contributed by atoms with Gasteiger partial charge >= 0.3 is 13.5 Å². The molecule has 0 aliphatic carbocycles. The van der Waals surface area contributed by atoms with Crippen molar-refractivity contribution in [1.82, 2.24) is 4.98 Å². The van der Waals surface area contributed by atoms with Gasteiger partial charge in [0.15, 0.2) is 0 Å². The van der Waals surface area contributed by atoms with E-state index in [1.165, 1.54) is 6.20 Å². The highest BCUT2D eigenvalue weighted by atomic mass is 19.3. The normalized spacial score (nSPS) is 21.6. The van der Waals surface area contributed by atoms with Gasteiger partial charge in [0.05, 0.1) is 11.2 Å². The summed E-state index contributed by atoms with van der Waals surface area (Å²) in [5, 5.41) is 0. The quantitative estimate of drug-likeness (QED) is 0.800. The van der Waals surface area contributed by atoms with Gasteiger partial charge in [0.2, 0.25) is 5.88 Å². The summed E-state index contributed by atoms with van der Waals surface area (Å²) in [4.78, 5) is 3.79. The molecule has 0 saturated carbocycles. The minimum Gasteiger partial charge on any atom is -0.437 e. The first-order valence-corrected chi connectivity index (χ1v) is 6.53. The Balaban J connectivity index is 2.26. The maximum absolute atomic E-state index is 13.1. The zero-order chi connectivity index (χ0) is 15.8. The van der Waals surface area contributed by atoms with Gasteiger partial charge in [0.25, 0.3) is 6.36 Å². The van der Waals surface area contributed by atoms with Gasteiger partial charge in [-0.1, -0.05) is 6.07 Å². The lowest BCUT2D eigenvalue weighted by Gasteiger charge is -2.32. The van der Waals surface area contributed by atoms with Crippen LogP contribution in [0.4, 0.5) is 13.2 Å². The van der Waals surface area contributed by atoms with E-state index in [0.717, 1.165) is 0 Å². The Hall–Kier alpha value is -1.28. The summed E-state index contributed by atoms with van der Waals surface area (Å²) in [7, 11) is -0.858. The number of hydrogen-bond acceptors (Lipinski definition) is 4. The molecular weight excluding hydrogens is 286 g/mol. The zero-order valence-electron chi connectivity index (χ0n) is 12.3. The molecule has 2 heterocycles. The Morgan fingerprint density at radius 2 is 1.71 bits per heavy atom. The average Bonchev–Trinajstić information content (AvgIpc) is 2.58. The van der Waals surface area contributed by atoms with Crippen LogP contribution in [0.25, 0.3) is 0 Å². The van der Waals surface area contributed by atoms with E-state index in [-0.39, 0.29) is 11.3 Å². The summed E-state index contributed by atoms with van der Waals surface area (Å²) in [5.74, 6) is -0.260. The molecular formula is C13H17BF3NO3. The van der Waals surface area contributed by atoms with E-state index in [4.69, 9.17) is 9.31 Å². The third-order valence-electron chi connectivity index (χ3n) is 3.73. The lowest BCUT2D eigenvalue weighted by Crippen LogP contribution is -2.41. The lowest BCUT2D eigenvalue weighted by molar-refractivity contribution is -0.0685. The van der Waals surface area contributed by atoms with Crippen LogP contribution < -0.4 is 10.2 Å². The highest BCUT2D eigenvalue weighted by Gasteiger charge is 2.52. The molecule has 8 heteroatoms. The molecule has 21 heavy (non-hydrogen) atoms. The van der Waals surface area contributed by atoms with Gasteiger partial charge < -0.3 is 14.0 Å². The average molecular weight is 303 g/mol. The second-order valence-corrected chi connectivity index (χ2v) is 5.79. The number of ether oxygens (including phenoxy) is 1. The van der Waals surface area contributed by atoms with Gasteiger partial charge in [-0.05, 0) is 33.8 Å². The first kappa shape index (κ1) is 16.1. The molecule has 116 valence electrons. The van der Waals surface area contributed by atoms with Crippen molar-refractivity contribution in [2.75, 3.05) is 0 Å². The molecule has 1 atom stereocenters. The van der Waals surface area contributed by atoms with Crippen molar-refractivity contribution in [2.45, 2.75) is 51.7 Å². The Morgan fingerprint density at radius 1 is 1.14 bits per heavy atom. The monoisotopic (exact) mass is 303 g/mol. The van der Waals surface area contributed by atoms with Crippen molar-refractivity contribution in [2.24, 2.45) is 0 Å². The fourth-order valence-corrected chi connectivity index (χ4v) is 1.81. The molecule has 1 saturated heterocycles. The summed E-state index contributed by atoms with van der Waals surface area (Å²) < 4.78 is 53.8. The molecule has 2 rings (SSSR count). The fourth-order valence-electron chi connectivity index (χ4n) is 1.81. The standard InChI is InChI=1S/C13H17BF3NO3/c1-12(2)13(3,4)21-14(20-12)8-6-5-7-18-11(8)19-10(17)9(15)16/h5-7,9-10H,1-4H3. The molecule has 1 aliphatic heterocycles. The number of pyridine rings is 1. The smallest absolute Gasteiger partial charge is 0.437 e. The van der Waals surface area contributed by atoms with Gasteiger partial charge in [0.1, 0.15) is 0 Å². The minimum absolute atomic E-state index is 0.260. The Kier molecular flexibility index (Phi) is 4.21. The Bertz CT molecular complexity index is 497. The number of halogens is 3. The topological polar surface area (TPSA) is 40.6 Å². The molecule has 0 radical (unpaired) electrons. The van der Waals surface area contributed by atoms with Crippen LogP contribution in [0.5, 0.6) is 5.88 Å². The van der Waals surface area contributed by atoms with Crippen LogP contribution in [-0.4, -0.2) is 36.1 Å². The number of aromatic nitrogens is 1. The number of hydrogen-bond donors (Lipinski definition) is 0. The molecule has 0 spiro atoms. The second kappa shape index (κ2) is 5.49. The van der Waals surface area contributed by atoms with Crippen molar-refractivity contribution >= 4 is 12.6 Å². The van der Waals surface area contributed by atoms with Crippen LogP contribution in [-0.2, 0) is 9.31 Å². The van der Waals surface area contributed by atoms with Gasteiger partial charge in [-0.3, -0.25) is 0 Å². The van der Waals surface area contributed by atoms with E-state index in [0.29, 0.717) is 0 Å². The van der Waals surface area contributed by atoms with E-state index in [9.17, 15) is 13.2 Å². The summed E-state index contributed by atoms with van der Waals surface area (Å²) in [5.41, 5.74) is -0.940. The van der Waals surface area contributed by atoms with Gasteiger partial charge in [0, 0.05) is 11.7 Å². The maximum Gasteiger partial charge on any atom is 0.500 e. The summed E-state index contributed by atoms with van der Waals surface area (Å²) in [6.45, 7) is 7.39. The Labute approximate surface area is 121 Å². The van der Waals surface area contributed by atoms with Crippen LogP contribution in [0, 0.1) is 0 Å². The molecule has 1 aliphatic rings. The summed E-state index contributed by atoms with van der Waals surface area (Å²) >= 11 is 0. The molecule has 0 amide bonds. The molecule has 1 aromatic rings. The SMILES string of the molecule is CC1(C)OB(c2cccnc2OC(F)C(F)F)OC1(C)C. The number of alkyl halides is 3. The number of rotatable bonds is 4. The van der Waals surface area contributed by atoms with Gasteiger partial charge in [-0.2, -0.15) is 4.39 Å². The van der Waals surface area contributed by atoms with E-state index < -0.39 is 31.1 Å². The van der Waals surface area contributed by atoms with E-state index >= 15 is 0 Å². The van der Waals surface area contributed by atoms with E-state index in [1.807, 2.05) is 27.7 Å². The molecule has 1 unspecified atom stereocenters. The van der Waals surface area contributed by atoms with Crippen molar-refractivity contribution in [3.8, 4) is 5.88 Å². The maximum atomic E-state index is 13.1. The third kappa shape index (κ3) is 3.16. The van der Waals surface area contributed by atoms with Crippen LogP contribution in [0.3, 0.4) is 0 Å². The second-order valence-electron chi connectivity index (χ2n) is 5.79. The van der Waals surface area contributed by atoms with E-state index in [1.54, 1.807) is 12.1 Å². The zero-order valence-corrected chi connectivity index (χ0v) is 12.3. The van der Waals surface area contributed by atoms with Crippen LogP contribution >= 0.6 is 0 Å². The highest BCUT2D eigenvalue weighted by Crippen LogP contribution is 2.37. The van der Waals surface area contributed by atoms with Crippen molar-refractivity contribution < 1.29 is 27.2 Å². The van der Waals surface area contributed by atoms with E-state index in [2.05, 4.69) is 9.72 Å². The predicted molar refractivity (Wildman–Crippen MR) is 71.5 cm³/mol. The molecule has 0 aromatic carbocycles. The van der Waals surface area contributed by atoms with Crippen LogP contribution in [0.2, 0.25) is 0 Å². The van der Waals surface area contributed by atoms with Crippen molar-refractivity contribution in [3.63, 3.8) is 0 Å². The van der Waals surface area contributed by atoms with Crippen LogP contribution in [0.1, 0.15) is 27.7 Å². The van der Waals surface area contributed by atoms with Crippen molar-refractivity contribution in [1.29, 1.82) is 0 Å². The largest absolute Gasteiger partial charge is 0.500 e. The highest BCUT2D eigenvalue weighted by molar-refractivity contribution is 6.63. The fraction of sp³-hybridized carbons (Fsp3) is 0.615. The van der Waals surface area contributed by atoms with Gasteiger partial charge in [-0.15, -0.1) is 0 Å². The van der Waals surface area contributed by atoms with Gasteiger partial charge in [-0.25, -0.2) is 13.8 Å². The first-order valence-electron chi connectivity index (χ1n) is 6.53. The Morgan fingerprint density at radius 3 is 2.24 bits per heavy atom. The molecule has 1 aromatic heterocycles. The molecule has 1 fully saturated rings. The first-order chi connectivity index (χ1) is 9.64. The third-order valence-corrected chi connectivity index (χ3v) is 3.73. The summed E-state index contributed by atoms with van der Waals surface area (Å²) in [6.07, 6.45) is -4.68. The van der Waals surface area contributed by atoms with Crippen LogP contribution in [0.15, 0.2) is 18.3 Å². The molecule has 4 nitrogen and oxygen atoms in total. The number of nitrogens with zero attached hydrogens (tertiary/aromatic N) is 1.